The lowest BCUT2D eigenvalue weighted by molar-refractivity contribution is -0.136. The number of nitrogens with zero attached hydrogens (tertiary/aromatic N) is 1. The maximum atomic E-state index is 13.5. The van der Waals surface area contributed by atoms with Crippen molar-refractivity contribution in [3.8, 4) is 0 Å². The number of hydrogen-bond acceptors (Lipinski definition) is 4. The zero-order chi connectivity index (χ0) is 28.3. The Hall–Kier alpha value is -3.01. The summed E-state index contributed by atoms with van der Waals surface area (Å²) < 4.78 is 42.4. The van der Waals surface area contributed by atoms with Gasteiger partial charge in [0.1, 0.15) is 5.78 Å². The molecule has 209 valence electrons. The summed E-state index contributed by atoms with van der Waals surface area (Å²) in [5.74, 6) is -0.327. The number of aromatic amines is 1. The molecule has 39 heavy (non-hydrogen) atoms. The monoisotopic (exact) mass is 542 g/mol. The molecule has 1 unspecified atom stereocenters. The number of H-pyrrole nitrogens is 1. The first-order valence-electron chi connectivity index (χ1n) is 13.6. The maximum Gasteiger partial charge on any atom is 0.418 e. The highest BCUT2D eigenvalue weighted by Crippen LogP contribution is 2.36. The second-order valence-corrected chi connectivity index (χ2v) is 10.9. The molecule has 0 amide bonds. The molecule has 1 radical (unpaired) electrons. The van der Waals surface area contributed by atoms with Crippen LogP contribution >= 0.6 is 0 Å². The Morgan fingerprint density at radius 2 is 1.90 bits per heavy atom. The largest absolute Gasteiger partial charge is 0.418 e. The van der Waals surface area contributed by atoms with E-state index in [1.54, 1.807) is 12.9 Å². The van der Waals surface area contributed by atoms with E-state index < -0.39 is 23.8 Å². The molecule has 2 aromatic carbocycles. The van der Waals surface area contributed by atoms with E-state index in [0.29, 0.717) is 17.9 Å². The zero-order valence-electron chi connectivity index (χ0n) is 22.4. The van der Waals surface area contributed by atoms with Crippen LogP contribution in [0.3, 0.4) is 0 Å². The van der Waals surface area contributed by atoms with Crippen molar-refractivity contribution in [2.75, 3.05) is 5.73 Å². The summed E-state index contributed by atoms with van der Waals surface area (Å²) in [5.41, 5.74) is 6.84. The SMILES string of the molecule is C[B]c1cc(C[C@@H](CC(O)CCC2CCC(n3c(=O)[nH]c4ccccc43)CC2)C(C)=O)cc(C(F)(F)F)c1N. The molecule has 3 aromatic rings. The first-order chi connectivity index (χ1) is 18.5. The van der Waals surface area contributed by atoms with E-state index in [-0.39, 0.29) is 41.5 Å². The number of nitrogen functional groups attached to an aromatic ring is 1. The molecule has 0 aliphatic heterocycles. The lowest BCUT2D eigenvalue weighted by Gasteiger charge is -2.30. The normalized spacial score (nSPS) is 19.6. The number of halogens is 3. The van der Waals surface area contributed by atoms with Crippen molar-refractivity contribution >= 4 is 35.2 Å². The number of nitrogens with one attached hydrogen (secondary N) is 1. The number of hydrogen-bond donors (Lipinski definition) is 3. The van der Waals surface area contributed by atoms with Gasteiger partial charge in [0.25, 0.3) is 0 Å². The molecule has 1 aromatic heterocycles. The molecule has 4 N–H and O–H groups in total. The summed E-state index contributed by atoms with van der Waals surface area (Å²) in [6.45, 7) is 3.04. The minimum absolute atomic E-state index is 0.0854. The highest BCUT2D eigenvalue weighted by molar-refractivity contribution is 6.54. The summed E-state index contributed by atoms with van der Waals surface area (Å²) in [6, 6.07) is 10.4. The van der Waals surface area contributed by atoms with Crippen LogP contribution in [0.4, 0.5) is 18.9 Å². The molecular formula is C29H36BF3N3O3. The number of ketones is 1. The van der Waals surface area contributed by atoms with E-state index in [1.165, 1.54) is 14.2 Å². The van der Waals surface area contributed by atoms with Crippen molar-refractivity contribution < 1.29 is 23.1 Å². The van der Waals surface area contributed by atoms with E-state index in [4.69, 9.17) is 5.73 Å². The third-order valence-electron chi connectivity index (χ3n) is 8.22. The number of carbonyl (C=O) groups excluding carboxylic acids is 1. The smallest absolute Gasteiger partial charge is 0.399 e. The molecule has 1 aliphatic rings. The lowest BCUT2D eigenvalue weighted by atomic mass is 9.70. The summed E-state index contributed by atoms with van der Waals surface area (Å²) in [5, 5.41) is 10.8. The van der Waals surface area contributed by atoms with Crippen LogP contribution in [0, 0.1) is 11.8 Å². The first kappa shape index (κ1) is 29.0. The quantitative estimate of drug-likeness (QED) is 0.248. The van der Waals surface area contributed by atoms with Crippen molar-refractivity contribution in [1.82, 2.24) is 9.55 Å². The topological polar surface area (TPSA) is 101 Å². The number of aliphatic hydroxyl groups is 1. The van der Waals surface area contributed by atoms with Crippen LogP contribution in [0.1, 0.15) is 69.0 Å². The van der Waals surface area contributed by atoms with Gasteiger partial charge in [-0.15, -0.1) is 0 Å². The lowest BCUT2D eigenvalue weighted by Crippen LogP contribution is -2.27. The predicted octanol–water partition coefficient (Wildman–Crippen LogP) is 5.02. The Morgan fingerprint density at radius 1 is 1.21 bits per heavy atom. The van der Waals surface area contributed by atoms with E-state index >= 15 is 0 Å². The van der Waals surface area contributed by atoms with Crippen molar-refractivity contribution in [2.45, 2.75) is 83.4 Å². The van der Waals surface area contributed by atoms with Gasteiger partial charge in [0.05, 0.1) is 22.7 Å². The number of nitrogens with two attached hydrogens (primary N) is 1. The molecule has 6 nitrogen and oxygen atoms in total. The van der Waals surface area contributed by atoms with Gasteiger partial charge in [0.2, 0.25) is 0 Å². The molecule has 4 rings (SSSR count). The van der Waals surface area contributed by atoms with Crippen LogP contribution in [0.5, 0.6) is 0 Å². The molecule has 1 fully saturated rings. The minimum atomic E-state index is -4.59. The number of fused-ring (bicyclic) bond motifs is 1. The molecule has 1 saturated carbocycles. The number of para-hydroxylation sites is 2. The van der Waals surface area contributed by atoms with Gasteiger partial charge in [-0.2, -0.15) is 13.2 Å². The van der Waals surface area contributed by atoms with Gasteiger partial charge in [-0.05, 0) is 88.0 Å². The summed E-state index contributed by atoms with van der Waals surface area (Å²) in [6.07, 6.45) is -0.0186. The number of aromatic nitrogens is 2. The van der Waals surface area contributed by atoms with Crippen LogP contribution < -0.4 is 16.9 Å². The molecule has 1 aliphatic carbocycles. The van der Waals surface area contributed by atoms with Crippen molar-refractivity contribution in [2.24, 2.45) is 11.8 Å². The van der Waals surface area contributed by atoms with Crippen LogP contribution in [0.25, 0.3) is 11.0 Å². The summed E-state index contributed by atoms with van der Waals surface area (Å²) in [7, 11) is 1.52. The second kappa shape index (κ2) is 12.0. The number of benzene rings is 2. The zero-order valence-corrected chi connectivity index (χ0v) is 22.4. The van der Waals surface area contributed by atoms with E-state index in [1.807, 2.05) is 28.8 Å². The van der Waals surface area contributed by atoms with Gasteiger partial charge in [0, 0.05) is 17.6 Å². The number of anilines is 1. The first-order valence-corrected chi connectivity index (χ1v) is 13.6. The van der Waals surface area contributed by atoms with E-state index in [9.17, 15) is 27.9 Å². The molecule has 0 spiro atoms. The van der Waals surface area contributed by atoms with E-state index in [0.717, 1.165) is 49.2 Å². The van der Waals surface area contributed by atoms with Gasteiger partial charge in [-0.25, -0.2) is 4.79 Å². The van der Waals surface area contributed by atoms with Crippen LogP contribution in [0.2, 0.25) is 6.82 Å². The fourth-order valence-corrected chi connectivity index (χ4v) is 6.01. The standard InChI is InChI=1S/C29H36BF3N3O3/c1-17(37)20(13-19-14-23(29(31,32)33)27(34)24(15-19)30-2)16-22(38)12-9-18-7-10-21(11-8-18)36-26-6-4-3-5-25(26)35-28(36)39/h3-6,14-15,18,20-22,38H,7-13,16,34H2,1-2H3,(H,35,39)/t18?,20-,21?,22?/m0/s1. The number of carbonyl (C=O) groups is 1. The molecule has 2 atom stereocenters. The highest BCUT2D eigenvalue weighted by Gasteiger charge is 2.34. The van der Waals surface area contributed by atoms with Gasteiger partial charge < -0.3 is 15.8 Å². The molecule has 0 saturated heterocycles. The van der Waals surface area contributed by atoms with Crippen molar-refractivity contribution in [3.05, 3.63) is 58.0 Å². The maximum absolute atomic E-state index is 13.5. The molecular weight excluding hydrogens is 506 g/mol. The van der Waals surface area contributed by atoms with Crippen LogP contribution in [0.15, 0.2) is 41.2 Å². The summed E-state index contributed by atoms with van der Waals surface area (Å²) in [4.78, 5) is 27.8. The van der Waals surface area contributed by atoms with Crippen LogP contribution in [-0.2, 0) is 17.4 Å². The Labute approximate surface area is 227 Å². The van der Waals surface area contributed by atoms with Gasteiger partial charge in [0.15, 0.2) is 7.28 Å². The average molecular weight is 542 g/mol. The van der Waals surface area contributed by atoms with Crippen LogP contribution in [-0.4, -0.2) is 33.8 Å². The molecule has 1 heterocycles. The number of alkyl halides is 3. The minimum Gasteiger partial charge on any atom is -0.399 e. The fourth-order valence-electron chi connectivity index (χ4n) is 6.01. The average Bonchev–Trinajstić information content (AvgIpc) is 3.23. The Morgan fingerprint density at radius 3 is 2.54 bits per heavy atom. The number of imidazole rings is 1. The molecule has 0 bridgehead atoms. The van der Waals surface area contributed by atoms with E-state index in [2.05, 4.69) is 4.98 Å². The third kappa shape index (κ3) is 6.77. The van der Waals surface area contributed by atoms with Gasteiger partial charge >= 0.3 is 11.9 Å². The fraction of sp³-hybridized carbons (Fsp3) is 0.517. The Bertz CT molecular complexity index is 1360. The molecule has 10 heteroatoms. The van der Waals surface area contributed by atoms with Crippen molar-refractivity contribution in [1.29, 1.82) is 0 Å². The highest BCUT2D eigenvalue weighted by atomic mass is 19.4. The van der Waals surface area contributed by atoms with Gasteiger partial charge in [-0.3, -0.25) is 9.36 Å². The number of Topliss-reactive ketones (excluding diaryl/α,β-unsaturated/α-hetero) is 1. The van der Waals surface area contributed by atoms with Crippen molar-refractivity contribution in [3.63, 3.8) is 0 Å². The Kier molecular flexibility index (Phi) is 8.94. The van der Waals surface area contributed by atoms with Gasteiger partial charge in [-0.1, -0.05) is 30.5 Å². The third-order valence-corrected chi connectivity index (χ3v) is 8.22. The number of aliphatic hydroxyl groups excluding tert-OH is 1. The summed E-state index contributed by atoms with van der Waals surface area (Å²) >= 11 is 0. The number of rotatable bonds is 10. The predicted molar refractivity (Wildman–Crippen MR) is 148 cm³/mol. The Balaban J connectivity index is 1.32. The second-order valence-electron chi connectivity index (χ2n) is 10.9.